The molecule has 1 aromatic heterocycles. The van der Waals surface area contributed by atoms with Gasteiger partial charge in [-0.25, -0.2) is 9.37 Å². The summed E-state index contributed by atoms with van der Waals surface area (Å²) in [6.45, 7) is 1.93. The van der Waals surface area contributed by atoms with E-state index in [1.807, 2.05) is 25.1 Å². The molecular formula is C14H11FN2O. The van der Waals surface area contributed by atoms with Crippen LogP contribution in [0.4, 0.5) is 10.1 Å². The zero-order valence-electron chi connectivity index (χ0n) is 9.77. The molecule has 0 radical (unpaired) electrons. The summed E-state index contributed by atoms with van der Waals surface area (Å²) in [4.78, 5) is 4.29. The van der Waals surface area contributed by atoms with E-state index in [9.17, 15) is 4.39 Å². The summed E-state index contributed by atoms with van der Waals surface area (Å²) in [5.41, 5.74) is 8.59. The Labute approximate surface area is 103 Å². The number of nitrogens with zero attached hydrogens (tertiary/aromatic N) is 1. The van der Waals surface area contributed by atoms with Crippen LogP contribution in [0.15, 0.2) is 40.8 Å². The van der Waals surface area contributed by atoms with Crippen molar-refractivity contribution in [1.29, 1.82) is 0 Å². The van der Waals surface area contributed by atoms with Crippen LogP contribution in [-0.4, -0.2) is 4.98 Å². The van der Waals surface area contributed by atoms with Crippen molar-refractivity contribution in [2.24, 2.45) is 0 Å². The van der Waals surface area contributed by atoms with Gasteiger partial charge in [0.1, 0.15) is 11.3 Å². The van der Waals surface area contributed by atoms with Crippen LogP contribution in [-0.2, 0) is 0 Å². The summed E-state index contributed by atoms with van der Waals surface area (Å²) in [5.74, 6) is -0.156. The number of halogens is 1. The smallest absolute Gasteiger partial charge is 0.230 e. The molecule has 2 aromatic carbocycles. The standard InChI is InChI=1S/C14H11FN2O/c1-8-3-2-4-12-13(8)18-14(17-12)10-6-5-9(16)7-11(10)15/h2-7H,16H2,1H3. The normalized spacial score (nSPS) is 11.0. The largest absolute Gasteiger partial charge is 0.436 e. The van der Waals surface area contributed by atoms with E-state index in [0.717, 1.165) is 11.1 Å². The summed E-state index contributed by atoms with van der Waals surface area (Å²) < 4.78 is 19.4. The number of hydrogen-bond donors (Lipinski definition) is 1. The number of hydrogen-bond acceptors (Lipinski definition) is 3. The molecule has 3 nitrogen and oxygen atoms in total. The van der Waals surface area contributed by atoms with E-state index >= 15 is 0 Å². The molecule has 0 atom stereocenters. The van der Waals surface area contributed by atoms with Crippen molar-refractivity contribution >= 4 is 16.8 Å². The Hall–Kier alpha value is -2.36. The van der Waals surface area contributed by atoms with E-state index in [2.05, 4.69) is 4.98 Å². The highest BCUT2D eigenvalue weighted by molar-refractivity contribution is 5.79. The van der Waals surface area contributed by atoms with Crippen molar-refractivity contribution in [2.75, 3.05) is 5.73 Å². The molecule has 0 saturated carbocycles. The molecule has 0 spiro atoms. The minimum atomic E-state index is -0.431. The topological polar surface area (TPSA) is 52.0 Å². The number of oxazole rings is 1. The van der Waals surface area contributed by atoms with Crippen LogP contribution < -0.4 is 5.73 Å². The number of benzene rings is 2. The lowest BCUT2D eigenvalue weighted by molar-refractivity contribution is 0.592. The van der Waals surface area contributed by atoms with Crippen LogP contribution in [0.1, 0.15) is 5.56 Å². The summed E-state index contributed by atoms with van der Waals surface area (Å²) in [6.07, 6.45) is 0. The number of aryl methyl sites for hydroxylation is 1. The van der Waals surface area contributed by atoms with Crippen molar-refractivity contribution in [1.82, 2.24) is 4.98 Å². The molecule has 3 aromatic rings. The average molecular weight is 242 g/mol. The van der Waals surface area contributed by atoms with Gasteiger partial charge in [-0.15, -0.1) is 0 Å². The van der Waals surface area contributed by atoms with E-state index in [4.69, 9.17) is 10.2 Å². The minimum absolute atomic E-state index is 0.275. The number of aromatic nitrogens is 1. The molecule has 0 saturated heterocycles. The van der Waals surface area contributed by atoms with E-state index in [1.165, 1.54) is 6.07 Å². The first-order valence-electron chi connectivity index (χ1n) is 5.57. The Morgan fingerprint density at radius 3 is 2.78 bits per heavy atom. The second-order valence-corrected chi connectivity index (χ2v) is 4.18. The first kappa shape index (κ1) is 10.8. The molecule has 2 N–H and O–H groups in total. The SMILES string of the molecule is Cc1cccc2nc(-c3ccc(N)cc3F)oc12. The van der Waals surface area contributed by atoms with Gasteiger partial charge >= 0.3 is 0 Å². The van der Waals surface area contributed by atoms with Crippen LogP contribution in [0.5, 0.6) is 0 Å². The van der Waals surface area contributed by atoms with E-state index in [0.29, 0.717) is 16.8 Å². The van der Waals surface area contributed by atoms with E-state index < -0.39 is 5.82 Å². The highest BCUT2D eigenvalue weighted by atomic mass is 19.1. The zero-order valence-corrected chi connectivity index (χ0v) is 9.77. The van der Waals surface area contributed by atoms with Crippen molar-refractivity contribution in [3.8, 4) is 11.5 Å². The fourth-order valence-corrected chi connectivity index (χ4v) is 1.91. The Morgan fingerprint density at radius 2 is 2.06 bits per heavy atom. The molecule has 3 rings (SSSR count). The van der Waals surface area contributed by atoms with Gasteiger partial charge < -0.3 is 10.2 Å². The predicted octanol–water partition coefficient (Wildman–Crippen LogP) is 3.52. The van der Waals surface area contributed by atoms with E-state index in [1.54, 1.807) is 12.1 Å². The van der Waals surface area contributed by atoms with Crippen LogP contribution in [0.2, 0.25) is 0 Å². The first-order chi connectivity index (χ1) is 8.65. The summed E-state index contributed by atoms with van der Waals surface area (Å²) in [7, 11) is 0. The van der Waals surface area contributed by atoms with E-state index in [-0.39, 0.29) is 5.89 Å². The van der Waals surface area contributed by atoms with Crippen molar-refractivity contribution < 1.29 is 8.81 Å². The molecule has 90 valence electrons. The number of rotatable bonds is 1. The Bertz CT molecular complexity index is 734. The molecule has 1 heterocycles. The highest BCUT2D eigenvalue weighted by Gasteiger charge is 2.13. The molecule has 0 fully saturated rings. The van der Waals surface area contributed by atoms with Gasteiger partial charge in [-0.1, -0.05) is 12.1 Å². The second kappa shape index (κ2) is 3.84. The molecule has 0 amide bonds. The molecule has 4 heteroatoms. The summed E-state index contributed by atoms with van der Waals surface area (Å²) in [6, 6.07) is 10.1. The monoisotopic (exact) mass is 242 g/mol. The van der Waals surface area contributed by atoms with Gasteiger partial charge in [0.15, 0.2) is 5.58 Å². The minimum Gasteiger partial charge on any atom is -0.436 e. The Kier molecular flexibility index (Phi) is 2.30. The maximum absolute atomic E-state index is 13.8. The molecule has 0 aliphatic rings. The molecule has 0 aliphatic heterocycles. The lowest BCUT2D eigenvalue weighted by atomic mass is 10.2. The molecule has 0 unspecified atom stereocenters. The fourth-order valence-electron chi connectivity index (χ4n) is 1.91. The average Bonchev–Trinajstić information content (AvgIpc) is 2.74. The van der Waals surface area contributed by atoms with Crippen molar-refractivity contribution in [3.63, 3.8) is 0 Å². The van der Waals surface area contributed by atoms with Crippen molar-refractivity contribution in [3.05, 3.63) is 47.8 Å². The summed E-state index contributed by atoms with van der Waals surface area (Å²) >= 11 is 0. The molecular weight excluding hydrogens is 231 g/mol. The quantitative estimate of drug-likeness (QED) is 0.664. The number of para-hydroxylation sites is 1. The number of fused-ring (bicyclic) bond motifs is 1. The maximum atomic E-state index is 13.8. The molecule has 0 aliphatic carbocycles. The summed E-state index contributed by atoms with van der Waals surface area (Å²) in [5, 5.41) is 0. The molecule has 0 bridgehead atoms. The van der Waals surface area contributed by atoms with Crippen LogP contribution >= 0.6 is 0 Å². The van der Waals surface area contributed by atoms with Crippen LogP contribution in [0.25, 0.3) is 22.6 Å². The third-order valence-electron chi connectivity index (χ3n) is 2.84. The van der Waals surface area contributed by atoms with Gasteiger partial charge in [0, 0.05) is 5.69 Å². The van der Waals surface area contributed by atoms with Crippen LogP contribution in [0.3, 0.4) is 0 Å². The number of nitrogens with two attached hydrogens (primary N) is 1. The lowest BCUT2D eigenvalue weighted by Gasteiger charge is -1.98. The Balaban J connectivity index is 2.23. The third kappa shape index (κ3) is 1.62. The van der Waals surface area contributed by atoms with Crippen molar-refractivity contribution in [2.45, 2.75) is 6.92 Å². The van der Waals surface area contributed by atoms with Gasteiger partial charge in [0.05, 0.1) is 5.56 Å². The predicted molar refractivity (Wildman–Crippen MR) is 68.6 cm³/mol. The van der Waals surface area contributed by atoms with Gasteiger partial charge in [0.25, 0.3) is 0 Å². The van der Waals surface area contributed by atoms with Gasteiger partial charge in [0.2, 0.25) is 5.89 Å². The van der Waals surface area contributed by atoms with Gasteiger partial charge in [-0.05, 0) is 36.8 Å². The number of nitrogen functional groups attached to an aromatic ring is 1. The van der Waals surface area contributed by atoms with Gasteiger partial charge in [-0.2, -0.15) is 0 Å². The lowest BCUT2D eigenvalue weighted by Crippen LogP contribution is -1.89. The third-order valence-corrected chi connectivity index (χ3v) is 2.84. The molecule has 18 heavy (non-hydrogen) atoms. The second-order valence-electron chi connectivity index (χ2n) is 4.18. The van der Waals surface area contributed by atoms with Gasteiger partial charge in [-0.3, -0.25) is 0 Å². The highest BCUT2D eigenvalue weighted by Crippen LogP contribution is 2.28. The number of anilines is 1. The zero-order chi connectivity index (χ0) is 12.7. The first-order valence-corrected chi connectivity index (χ1v) is 5.57. The van der Waals surface area contributed by atoms with Crippen LogP contribution in [0, 0.1) is 12.7 Å². The maximum Gasteiger partial charge on any atom is 0.230 e. The fraction of sp³-hybridized carbons (Fsp3) is 0.0714. The Morgan fingerprint density at radius 1 is 1.22 bits per heavy atom.